The van der Waals surface area contributed by atoms with Crippen LogP contribution in [-0.4, -0.2) is 5.84 Å². The third-order valence-corrected chi connectivity index (χ3v) is 2.38. The molecule has 3 heteroatoms. The Morgan fingerprint density at radius 3 is 2.56 bits per heavy atom. The Kier molecular flexibility index (Phi) is 4.50. The number of halogens is 1. The van der Waals surface area contributed by atoms with E-state index in [0.717, 1.165) is 0 Å². The SMILES string of the molecule is Br.CC(N)=NCc1cccc2ccccc12. The Labute approximate surface area is 106 Å². The molecule has 0 saturated carbocycles. The molecule has 0 unspecified atom stereocenters. The van der Waals surface area contributed by atoms with E-state index < -0.39 is 0 Å². The molecule has 0 aliphatic carbocycles. The molecule has 0 spiro atoms. The maximum absolute atomic E-state index is 5.53. The van der Waals surface area contributed by atoms with Crippen LogP contribution < -0.4 is 5.73 Å². The maximum atomic E-state index is 5.53. The van der Waals surface area contributed by atoms with Crippen LogP contribution in [0.15, 0.2) is 47.5 Å². The summed E-state index contributed by atoms with van der Waals surface area (Å²) in [4.78, 5) is 4.24. The minimum absolute atomic E-state index is 0. The van der Waals surface area contributed by atoms with Crippen molar-refractivity contribution in [1.29, 1.82) is 0 Å². The van der Waals surface area contributed by atoms with Gasteiger partial charge in [0, 0.05) is 0 Å². The van der Waals surface area contributed by atoms with Gasteiger partial charge in [-0.1, -0.05) is 42.5 Å². The third kappa shape index (κ3) is 2.83. The van der Waals surface area contributed by atoms with Gasteiger partial charge in [-0.2, -0.15) is 0 Å². The van der Waals surface area contributed by atoms with E-state index in [-0.39, 0.29) is 17.0 Å². The van der Waals surface area contributed by atoms with Crippen molar-refractivity contribution in [2.45, 2.75) is 13.5 Å². The normalized spacial score (nSPS) is 11.2. The number of amidine groups is 1. The lowest BCUT2D eigenvalue weighted by Gasteiger charge is -2.03. The monoisotopic (exact) mass is 278 g/mol. The van der Waals surface area contributed by atoms with E-state index >= 15 is 0 Å². The Bertz CT molecular complexity index is 497. The topological polar surface area (TPSA) is 38.4 Å². The number of hydrogen-bond acceptors (Lipinski definition) is 1. The largest absolute Gasteiger partial charge is 0.388 e. The van der Waals surface area contributed by atoms with Gasteiger partial charge in [-0.05, 0) is 23.3 Å². The summed E-state index contributed by atoms with van der Waals surface area (Å²) in [6, 6.07) is 14.6. The summed E-state index contributed by atoms with van der Waals surface area (Å²) in [5.41, 5.74) is 6.75. The van der Waals surface area contributed by atoms with Crippen LogP contribution in [0.5, 0.6) is 0 Å². The Morgan fingerprint density at radius 1 is 1.12 bits per heavy atom. The Hall–Kier alpha value is -1.35. The van der Waals surface area contributed by atoms with Crippen molar-refractivity contribution >= 4 is 33.6 Å². The predicted molar refractivity (Wildman–Crippen MR) is 75.3 cm³/mol. The van der Waals surface area contributed by atoms with Gasteiger partial charge >= 0.3 is 0 Å². The van der Waals surface area contributed by atoms with Crippen LogP contribution in [0.4, 0.5) is 0 Å². The molecule has 0 aromatic heterocycles. The minimum Gasteiger partial charge on any atom is -0.388 e. The fourth-order valence-corrected chi connectivity index (χ4v) is 1.64. The summed E-state index contributed by atoms with van der Waals surface area (Å²) < 4.78 is 0. The molecule has 2 aromatic rings. The summed E-state index contributed by atoms with van der Waals surface area (Å²) in [7, 11) is 0. The lowest BCUT2D eigenvalue weighted by molar-refractivity contribution is 1.07. The number of benzene rings is 2. The first-order valence-corrected chi connectivity index (χ1v) is 5.00. The van der Waals surface area contributed by atoms with E-state index in [4.69, 9.17) is 5.73 Å². The first kappa shape index (κ1) is 12.7. The van der Waals surface area contributed by atoms with E-state index in [2.05, 4.69) is 35.3 Å². The smallest absolute Gasteiger partial charge is 0.0909 e. The average molecular weight is 279 g/mol. The number of hydrogen-bond donors (Lipinski definition) is 1. The van der Waals surface area contributed by atoms with E-state index in [1.54, 1.807) is 0 Å². The predicted octanol–water partition coefficient (Wildman–Crippen LogP) is 3.29. The standard InChI is InChI=1S/C13H14N2.BrH/c1-10(14)15-9-12-7-4-6-11-5-2-3-8-13(11)12;/h2-8H,9H2,1H3,(H2,14,15);1H. The van der Waals surface area contributed by atoms with Crippen LogP contribution in [0.2, 0.25) is 0 Å². The molecule has 0 aliphatic heterocycles. The number of rotatable bonds is 2. The second kappa shape index (κ2) is 5.66. The summed E-state index contributed by atoms with van der Waals surface area (Å²) >= 11 is 0. The van der Waals surface area contributed by atoms with Crippen molar-refractivity contribution in [3.05, 3.63) is 48.0 Å². The van der Waals surface area contributed by atoms with Crippen molar-refractivity contribution in [2.75, 3.05) is 0 Å². The van der Waals surface area contributed by atoms with Crippen LogP contribution >= 0.6 is 17.0 Å². The van der Waals surface area contributed by atoms with Crippen molar-refractivity contribution in [3.63, 3.8) is 0 Å². The third-order valence-electron chi connectivity index (χ3n) is 2.38. The van der Waals surface area contributed by atoms with Crippen molar-refractivity contribution < 1.29 is 0 Å². The van der Waals surface area contributed by atoms with E-state index in [9.17, 15) is 0 Å². The van der Waals surface area contributed by atoms with E-state index in [1.165, 1.54) is 16.3 Å². The Balaban J connectivity index is 0.00000128. The number of nitrogens with two attached hydrogens (primary N) is 1. The van der Waals surface area contributed by atoms with Crippen LogP contribution in [0.3, 0.4) is 0 Å². The van der Waals surface area contributed by atoms with Gasteiger partial charge in [0.05, 0.1) is 12.4 Å². The van der Waals surface area contributed by atoms with Gasteiger partial charge in [-0.3, -0.25) is 4.99 Å². The molecule has 2 rings (SSSR count). The lowest BCUT2D eigenvalue weighted by atomic mass is 10.1. The fourth-order valence-electron chi connectivity index (χ4n) is 1.64. The Morgan fingerprint density at radius 2 is 1.81 bits per heavy atom. The minimum atomic E-state index is 0. The van der Waals surface area contributed by atoms with Gasteiger partial charge in [0.1, 0.15) is 0 Å². The summed E-state index contributed by atoms with van der Waals surface area (Å²) in [5, 5.41) is 2.50. The van der Waals surface area contributed by atoms with Gasteiger partial charge in [-0.25, -0.2) is 0 Å². The molecular formula is C13H15BrN2. The van der Waals surface area contributed by atoms with E-state index in [1.807, 2.05) is 19.1 Å². The highest BCUT2D eigenvalue weighted by molar-refractivity contribution is 8.93. The molecule has 2 aromatic carbocycles. The molecule has 0 fully saturated rings. The van der Waals surface area contributed by atoms with Gasteiger partial charge in [0.25, 0.3) is 0 Å². The number of nitrogens with zero attached hydrogens (tertiary/aromatic N) is 1. The zero-order chi connectivity index (χ0) is 10.7. The average Bonchev–Trinajstić information content (AvgIpc) is 2.26. The molecule has 0 amide bonds. The molecule has 0 atom stereocenters. The summed E-state index contributed by atoms with van der Waals surface area (Å²) in [6.45, 7) is 2.47. The molecular weight excluding hydrogens is 264 g/mol. The van der Waals surface area contributed by atoms with E-state index in [0.29, 0.717) is 12.4 Å². The number of aliphatic imine (C=N–C) groups is 1. The molecule has 0 aliphatic rings. The molecule has 84 valence electrons. The van der Waals surface area contributed by atoms with Crippen molar-refractivity contribution in [3.8, 4) is 0 Å². The molecule has 0 heterocycles. The van der Waals surface area contributed by atoms with Crippen molar-refractivity contribution in [2.24, 2.45) is 10.7 Å². The molecule has 16 heavy (non-hydrogen) atoms. The maximum Gasteiger partial charge on any atom is 0.0909 e. The zero-order valence-corrected chi connectivity index (χ0v) is 10.9. The molecule has 0 bridgehead atoms. The summed E-state index contributed by atoms with van der Waals surface area (Å²) in [6.07, 6.45) is 0. The zero-order valence-electron chi connectivity index (χ0n) is 9.18. The molecule has 2 N–H and O–H groups in total. The van der Waals surface area contributed by atoms with Crippen LogP contribution in [0.1, 0.15) is 12.5 Å². The van der Waals surface area contributed by atoms with Crippen molar-refractivity contribution in [1.82, 2.24) is 0 Å². The highest BCUT2D eigenvalue weighted by Crippen LogP contribution is 2.18. The molecule has 0 saturated heterocycles. The van der Waals surface area contributed by atoms with Crippen LogP contribution in [-0.2, 0) is 6.54 Å². The summed E-state index contributed by atoms with van der Waals surface area (Å²) in [5.74, 6) is 0.628. The first-order valence-electron chi connectivity index (χ1n) is 5.00. The second-order valence-electron chi connectivity index (χ2n) is 3.60. The molecule has 2 nitrogen and oxygen atoms in total. The number of fused-ring (bicyclic) bond motifs is 1. The quantitative estimate of drug-likeness (QED) is 0.665. The van der Waals surface area contributed by atoms with Gasteiger partial charge < -0.3 is 5.73 Å². The second-order valence-corrected chi connectivity index (χ2v) is 3.60. The lowest BCUT2D eigenvalue weighted by Crippen LogP contribution is -2.05. The van der Waals surface area contributed by atoms with Gasteiger partial charge in [0.2, 0.25) is 0 Å². The molecule has 0 radical (unpaired) electrons. The highest BCUT2D eigenvalue weighted by Gasteiger charge is 1.98. The van der Waals surface area contributed by atoms with Gasteiger partial charge in [0.15, 0.2) is 0 Å². The van der Waals surface area contributed by atoms with Crippen LogP contribution in [0.25, 0.3) is 10.8 Å². The highest BCUT2D eigenvalue weighted by atomic mass is 79.9. The van der Waals surface area contributed by atoms with Crippen LogP contribution in [0, 0.1) is 0 Å². The fraction of sp³-hybridized carbons (Fsp3) is 0.154. The van der Waals surface area contributed by atoms with Gasteiger partial charge in [-0.15, -0.1) is 17.0 Å². The first-order chi connectivity index (χ1) is 7.27.